The first-order chi connectivity index (χ1) is 13.8. The molecule has 0 saturated carbocycles. The number of pyridine rings is 1. The summed E-state index contributed by atoms with van der Waals surface area (Å²) in [6, 6.07) is 13.8. The van der Waals surface area contributed by atoms with Gasteiger partial charge >= 0.3 is 0 Å². The van der Waals surface area contributed by atoms with Crippen molar-refractivity contribution in [2.24, 2.45) is 0 Å². The van der Waals surface area contributed by atoms with Crippen LogP contribution in [0.25, 0.3) is 22.0 Å². The summed E-state index contributed by atoms with van der Waals surface area (Å²) in [5, 5.41) is -0.507. The van der Waals surface area contributed by atoms with Crippen LogP contribution in [0.2, 0.25) is 5.02 Å². The van der Waals surface area contributed by atoms with Crippen LogP contribution < -0.4 is 0 Å². The Hall–Kier alpha value is -2.90. The highest BCUT2D eigenvalue weighted by Crippen LogP contribution is 2.33. The molecule has 3 aromatic carbocycles. The minimum absolute atomic E-state index is 0.180. The van der Waals surface area contributed by atoms with Gasteiger partial charge in [-0.05, 0) is 53.6 Å². The summed E-state index contributed by atoms with van der Waals surface area (Å²) >= 11 is 5.71. The number of sulfone groups is 1. The van der Waals surface area contributed by atoms with Gasteiger partial charge in [0.2, 0.25) is 9.84 Å². The maximum Gasteiger partial charge on any atom is 0.223 e. The number of nitrogens with zero attached hydrogens (tertiary/aromatic N) is 1. The van der Waals surface area contributed by atoms with Crippen LogP contribution in [0.4, 0.5) is 13.2 Å². The lowest BCUT2D eigenvalue weighted by Crippen LogP contribution is -2.06. The summed E-state index contributed by atoms with van der Waals surface area (Å²) in [5.74, 6) is -2.03. The zero-order chi connectivity index (χ0) is 20.8. The normalized spacial score (nSPS) is 11.7. The molecule has 4 rings (SSSR count). The molecule has 0 fully saturated rings. The van der Waals surface area contributed by atoms with E-state index in [1.807, 2.05) is 0 Å². The molecule has 0 amide bonds. The molecule has 1 heterocycles. The highest BCUT2D eigenvalue weighted by Gasteiger charge is 2.24. The van der Waals surface area contributed by atoms with E-state index in [1.165, 1.54) is 30.3 Å². The zero-order valence-electron chi connectivity index (χ0n) is 14.5. The number of rotatable bonds is 3. The highest BCUT2D eigenvalue weighted by atomic mass is 35.5. The van der Waals surface area contributed by atoms with Crippen LogP contribution in [0, 0.1) is 17.5 Å². The van der Waals surface area contributed by atoms with Crippen molar-refractivity contribution in [3.8, 4) is 11.1 Å². The van der Waals surface area contributed by atoms with Gasteiger partial charge in [0, 0.05) is 5.39 Å². The molecule has 0 N–H and O–H groups in total. The molecule has 4 aromatic rings. The Bertz CT molecular complexity index is 1370. The van der Waals surface area contributed by atoms with Crippen molar-refractivity contribution in [2.45, 2.75) is 9.92 Å². The quantitative estimate of drug-likeness (QED) is 0.383. The Morgan fingerprint density at radius 3 is 2.31 bits per heavy atom. The van der Waals surface area contributed by atoms with E-state index in [0.29, 0.717) is 16.5 Å². The number of para-hydroxylation sites is 1. The molecule has 0 atom stereocenters. The molecule has 0 spiro atoms. The van der Waals surface area contributed by atoms with Gasteiger partial charge in [-0.25, -0.2) is 26.6 Å². The van der Waals surface area contributed by atoms with Crippen LogP contribution in [0.15, 0.2) is 76.7 Å². The fourth-order valence-corrected chi connectivity index (χ4v) is 4.48. The Balaban J connectivity index is 2.03. The molecule has 1 aromatic heterocycles. The third kappa shape index (κ3) is 3.47. The third-order valence-electron chi connectivity index (χ3n) is 4.38. The van der Waals surface area contributed by atoms with Crippen molar-refractivity contribution >= 4 is 32.3 Å². The van der Waals surface area contributed by atoms with Crippen molar-refractivity contribution < 1.29 is 21.6 Å². The fraction of sp³-hybridized carbons (Fsp3) is 0. The number of benzene rings is 3. The van der Waals surface area contributed by atoms with Gasteiger partial charge in [-0.2, -0.15) is 0 Å². The molecular formula is C21H11ClF3NO2S. The number of aromatic nitrogens is 1. The first-order valence-electron chi connectivity index (χ1n) is 8.33. The average Bonchev–Trinajstić information content (AvgIpc) is 2.69. The van der Waals surface area contributed by atoms with E-state index in [4.69, 9.17) is 11.6 Å². The van der Waals surface area contributed by atoms with Crippen molar-refractivity contribution in [3.05, 3.63) is 89.2 Å². The minimum atomic E-state index is -4.25. The van der Waals surface area contributed by atoms with E-state index in [1.54, 1.807) is 12.1 Å². The number of hydrogen-bond acceptors (Lipinski definition) is 3. The van der Waals surface area contributed by atoms with Gasteiger partial charge in [0.05, 0.1) is 9.92 Å². The van der Waals surface area contributed by atoms with E-state index < -0.39 is 32.3 Å². The predicted molar refractivity (Wildman–Crippen MR) is 104 cm³/mol. The molecule has 0 unspecified atom stereocenters. The minimum Gasteiger partial charge on any atom is -0.233 e. The molecule has 0 aliphatic carbocycles. The van der Waals surface area contributed by atoms with Crippen LogP contribution in [0.1, 0.15) is 0 Å². The monoisotopic (exact) mass is 433 g/mol. The first kappa shape index (κ1) is 19.4. The predicted octanol–water partition coefficient (Wildman–Crippen LogP) is 5.81. The number of hydrogen-bond donors (Lipinski definition) is 0. The summed E-state index contributed by atoms with van der Waals surface area (Å²) in [7, 11) is -4.25. The van der Waals surface area contributed by atoms with Crippen molar-refractivity contribution in [2.75, 3.05) is 0 Å². The molecule has 3 nitrogen and oxygen atoms in total. The smallest absolute Gasteiger partial charge is 0.223 e. The van der Waals surface area contributed by atoms with E-state index in [-0.39, 0.29) is 15.4 Å². The van der Waals surface area contributed by atoms with Gasteiger partial charge in [-0.15, -0.1) is 0 Å². The van der Waals surface area contributed by atoms with Gasteiger partial charge in [0.25, 0.3) is 0 Å². The SMILES string of the molecule is O=S(=O)(c1ccc(F)c(Cl)c1)c1cc(-c2cccc(F)c2)c2cccc(F)c2n1. The molecule has 0 aliphatic heterocycles. The zero-order valence-corrected chi connectivity index (χ0v) is 16.1. The van der Waals surface area contributed by atoms with E-state index in [9.17, 15) is 21.6 Å². The topological polar surface area (TPSA) is 47.0 Å². The summed E-state index contributed by atoms with van der Waals surface area (Å²) in [5.41, 5.74) is 0.471. The van der Waals surface area contributed by atoms with Gasteiger partial charge in [0.1, 0.15) is 23.0 Å². The second-order valence-corrected chi connectivity index (χ2v) is 8.54. The van der Waals surface area contributed by atoms with Gasteiger partial charge < -0.3 is 0 Å². The third-order valence-corrected chi connectivity index (χ3v) is 6.30. The largest absolute Gasteiger partial charge is 0.233 e. The van der Waals surface area contributed by atoms with Gasteiger partial charge in [0.15, 0.2) is 5.03 Å². The van der Waals surface area contributed by atoms with E-state index >= 15 is 0 Å². The van der Waals surface area contributed by atoms with Crippen molar-refractivity contribution in [3.63, 3.8) is 0 Å². The lowest BCUT2D eigenvalue weighted by molar-refractivity contribution is 0.591. The molecule has 146 valence electrons. The van der Waals surface area contributed by atoms with Crippen LogP contribution in [-0.4, -0.2) is 13.4 Å². The molecule has 8 heteroatoms. The van der Waals surface area contributed by atoms with Crippen molar-refractivity contribution in [1.82, 2.24) is 4.98 Å². The Morgan fingerprint density at radius 2 is 1.59 bits per heavy atom. The van der Waals surface area contributed by atoms with Crippen LogP contribution in [0.3, 0.4) is 0 Å². The summed E-state index contributed by atoms with van der Waals surface area (Å²) in [4.78, 5) is 3.70. The molecule has 0 radical (unpaired) electrons. The Kier molecular flexibility index (Phi) is 4.80. The van der Waals surface area contributed by atoms with Crippen LogP contribution in [0.5, 0.6) is 0 Å². The van der Waals surface area contributed by atoms with E-state index in [2.05, 4.69) is 4.98 Å². The van der Waals surface area contributed by atoms with Crippen molar-refractivity contribution in [1.29, 1.82) is 0 Å². The fourth-order valence-electron chi connectivity index (χ4n) is 2.99. The average molecular weight is 434 g/mol. The summed E-state index contributed by atoms with van der Waals surface area (Å²) in [6.45, 7) is 0. The molecule has 0 aliphatic rings. The molecular weight excluding hydrogens is 423 g/mol. The second kappa shape index (κ2) is 7.17. The standard InChI is InChI=1S/C21H11ClF3NO2S/c22-17-10-14(7-8-18(17)24)29(27,28)20-11-16(12-3-1-4-13(23)9-12)15-5-2-6-19(25)21(15)26-20/h1-11H. The molecule has 0 saturated heterocycles. The summed E-state index contributed by atoms with van der Waals surface area (Å²) in [6.07, 6.45) is 0. The Morgan fingerprint density at radius 1 is 0.828 bits per heavy atom. The maximum absolute atomic E-state index is 14.4. The molecule has 29 heavy (non-hydrogen) atoms. The van der Waals surface area contributed by atoms with E-state index in [0.717, 1.165) is 24.3 Å². The highest BCUT2D eigenvalue weighted by molar-refractivity contribution is 7.91. The second-order valence-electron chi connectivity index (χ2n) is 6.23. The lowest BCUT2D eigenvalue weighted by Gasteiger charge is -2.12. The van der Waals surface area contributed by atoms with Gasteiger partial charge in [-0.3, -0.25) is 0 Å². The summed E-state index contributed by atoms with van der Waals surface area (Å²) < 4.78 is 67.8. The number of fused-ring (bicyclic) bond motifs is 1. The number of halogens is 4. The lowest BCUT2D eigenvalue weighted by atomic mass is 10.0. The Labute approximate surface area is 169 Å². The molecule has 0 bridgehead atoms. The first-order valence-corrected chi connectivity index (χ1v) is 10.2. The maximum atomic E-state index is 14.4. The van der Waals surface area contributed by atoms with Crippen LogP contribution >= 0.6 is 11.6 Å². The van der Waals surface area contributed by atoms with Gasteiger partial charge in [-0.1, -0.05) is 35.9 Å². The van der Waals surface area contributed by atoms with Crippen LogP contribution in [-0.2, 0) is 9.84 Å².